The number of piperazine rings is 1. The fraction of sp³-hybridized carbons (Fsp3) is 0.381. The van der Waals surface area contributed by atoms with E-state index in [9.17, 15) is 4.79 Å². The lowest BCUT2D eigenvalue weighted by Gasteiger charge is -2.34. The lowest BCUT2D eigenvalue weighted by molar-refractivity contribution is -0.117. The molecule has 2 aromatic carbocycles. The van der Waals surface area contributed by atoms with Crippen molar-refractivity contribution in [1.29, 1.82) is 0 Å². The summed E-state index contributed by atoms with van der Waals surface area (Å²) in [6.45, 7) is 4.96. The number of benzene rings is 2. The molecule has 152 valence electrons. The summed E-state index contributed by atoms with van der Waals surface area (Å²) in [6, 6.07) is 14.1. The smallest absolute Gasteiger partial charge is 0.238 e. The normalized spacial score (nSPS) is 15.5. The van der Waals surface area contributed by atoms with Crippen molar-refractivity contribution in [2.45, 2.75) is 6.54 Å². The minimum atomic E-state index is -0.0479. The summed E-state index contributed by atoms with van der Waals surface area (Å²) in [5, 5.41) is 10.6. The molecular weight excluding hydrogens is 368 g/mol. The highest BCUT2D eigenvalue weighted by atomic mass is 16.6. The molecule has 8 nitrogen and oxygen atoms in total. The van der Waals surface area contributed by atoms with Crippen molar-refractivity contribution < 1.29 is 9.42 Å². The second-order valence-corrected chi connectivity index (χ2v) is 7.60. The number of fused-ring (bicyclic) bond motifs is 1. The van der Waals surface area contributed by atoms with E-state index in [0.717, 1.165) is 32.7 Å². The molecule has 8 heteroatoms. The van der Waals surface area contributed by atoms with Crippen molar-refractivity contribution in [3.63, 3.8) is 0 Å². The van der Waals surface area contributed by atoms with Crippen LogP contribution in [-0.4, -0.2) is 72.8 Å². The van der Waals surface area contributed by atoms with Gasteiger partial charge in [-0.05, 0) is 40.1 Å². The predicted molar refractivity (Wildman–Crippen MR) is 113 cm³/mol. The van der Waals surface area contributed by atoms with Crippen LogP contribution in [0.15, 0.2) is 47.1 Å². The van der Waals surface area contributed by atoms with E-state index in [1.807, 2.05) is 26.2 Å². The van der Waals surface area contributed by atoms with Gasteiger partial charge in [0.1, 0.15) is 5.52 Å². The summed E-state index contributed by atoms with van der Waals surface area (Å²) >= 11 is 0. The summed E-state index contributed by atoms with van der Waals surface area (Å²) in [6.07, 6.45) is 0. The number of nitrogens with zero attached hydrogens (tertiary/aromatic N) is 5. The maximum Gasteiger partial charge on any atom is 0.238 e. The minimum absolute atomic E-state index is 0.0479. The summed E-state index contributed by atoms with van der Waals surface area (Å²) < 4.78 is 4.75. The Morgan fingerprint density at radius 3 is 2.48 bits per heavy atom. The van der Waals surface area contributed by atoms with Gasteiger partial charge in [-0.25, -0.2) is 4.63 Å². The van der Waals surface area contributed by atoms with Crippen molar-refractivity contribution in [2.24, 2.45) is 0 Å². The highest BCUT2D eigenvalue weighted by Crippen LogP contribution is 2.19. The van der Waals surface area contributed by atoms with E-state index in [1.165, 1.54) is 11.3 Å². The molecule has 2 heterocycles. The van der Waals surface area contributed by atoms with Crippen molar-refractivity contribution in [3.8, 4) is 0 Å². The van der Waals surface area contributed by atoms with Gasteiger partial charge in [0.15, 0.2) is 5.52 Å². The van der Waals surface area contributed by atoms with Crippen LogP contribution in [0.5, 0.6) is 0 Å². The summed E-state index contributed by atoms with van der Waals surface area (Å²) in [4.78, 5) is 19.2. The molecule has 1 amide bonds. The van der Waals surface area contributed by atoms with Crippen LogP contribution in [0.3, 0.4) is 0 Å². The van der Waals surface area contributed by atoms with Gasteiger partial charge in [0.05, 0.1) is 12.2 Å². The van der Waals surface area contributed by atoms with Gasteiger partial charge < -0.3 is 10.2 Å². The van der Waals surface area contributed by atoms with E-state index in [4.69, 9.17) is 4.63 Å². The third-order valence-corrected chi connectivity index (χ3v) is 5.25. The quantitative estimate of drug-likeness (QED) is 0.685. The summed E-state index contributed by atoms with van der Waals surface area (Å²) in [5.74, 6) is -0.0479. The molecule has 1 aromatic heterocycles. The lowest BCUT2D eigenvalue weighted by Crippen LogP contribution is -2.48. The highest BCUT2D eigenvalue weighted by Gasteiger charge is 2.20. The average Bonchev–Trinajstić information content (AvgIpc) is 3.20. The van der Waals surface area contributed by atoms with Crippen LogP contribution in [0.4, 0.5) is 11.4 Å². The second kappa shape index (κ2) is 8.59. The van der Waals surface area contributed by atoms with Crippen molar-refractivity contribution >= 4 is 28.3 Å². The first-order valence-corrected chi connectivity index (χ1v) is 9.80. The minimum Gasteiger partial charge on any atom is -0.378 e. The molecule has 3 aromatic rings. The summed E-state index contributed by atoms with van der Waals surface area (Å²) in [5.41, 5.74) is 4.37. The second-order valence-electron chi connectivity index (χ2n) is 7.60. The number of amides is 1. The number of carbonyl (C=O) groups excluding carboxylic acids is 1. The molecule has 0 atom stereocenters. The van der Waals surface area contributed by atoms with E-state index >= 15 is 0 Å². The van der Waals surface area contributed by atoms with Gasteiger partial charge >= 0.3 is 0 Å². The van der Waals surface area contributed by atoms with E-state index in [2.05, 4.69) is 54.6 Å². The van der Waals surface area contributed by atoms with E-state index in [1.54, 1.807) is 6.07 Å². The first kappa shape index (κ1) is 19.4. The van der Waals surface area contributed by atoms with Gasteiger partial charge in [-0.2, -0.15) is 0 Å². The Hall–Kier alpha value is -2.97. The predicted octanol–water partition coefficient (Wildman–Crippen LogP) is 2.05. The van der Waals surface area contributed by atoms with Gasteiger partial charge in [-0.1, -0.05) is 18.2 Å². The Labute approximate surface area is 170 Å². The topological polar surface area (TPSA) is 77.7 Å². The molecule has 1 N–H and O–H groups in total. The SMILES string of the molecule is CN(C)c1ccc(CN2CCN(CC(=O)Nc3cccc4nonc34)CC2)cc1. The maximum absolute atomic E-state index is 12.5. The number of carbonyl (C=O) groups is 1. The highest BCUT2D eigenvalue weighted by molar-refractivity contribution is 5.99. The van der Waals surface area contributed by atoms with Gasteiger partial charge in [0.25, 0.3) is 0 Å². The Morgan fingerprint density at radius 2 is 1.76 bits per heavy atom. The molecule has 0 bridgehead atoms. The van der Waals surface area contributed by atoms with Crippen LogP contribution in [-0.2, 0) is 11.3 Å². The van der Waals surface area contributed by atoms with Crippen molar-refractivity contribution in [3.05, 3.63) is 48.0 Å². The lowest BCUT2D eigenvalue weighted by atomic mass is 10.1. The molecule has 1 fully saturated rings. The number of hydrogen-bond donors (Lipinski definition) is 1. The van der Waals surface area contributed by atoms with Crippen LogP contribution < -0.4 is 10.2 Å². The van der Waals surface area contributed by atoms with Crippen LogP contribution in [0, 0.1) is 0 Å². The Balaban J connectivity index is 1.25. The largest absolute Gasteiger partial charge is 0.378 e. The molecule has 1 aliphatic rings. The molecule has 0 saturated carbocycles. The molecule has 1 aliphatic heterocycles. The summed E-state index contributed by atoms with van der Waals surface area (Å²) in [7, 11) is 4.10. The molecular formula is C21H26N6O2. The number of anilines is 2. The molecule has 1 saturated heterocycles. The standard InChI is InChI=1S/C21H26N6O2/c1-25(2)17-8-6-16(7-9-17)14-26-10-12-27(13-11-26)15-20(28)22-18-4-3-5-19-21(18)24-29-23-19/h3-9H,10-15H2,1-2H3,(H,22,28). The molecule has 0 radical (unpaired) electrons. The van der Waals surface area contributed by atoms with E-state index in [-0.39, 0.29) is 5.91 Å². The zero-order valence-electron chi connectivity index (χ0n) is 16.8. The van der Waals surface area contributed by atoms with Gasteiger partial charge in [-0.3, -0.25) is 14.6 Å². The molecule has 29 heavy (non-hydrogen) atoms. The Bertz CT molecular complexity index is 961. The van der Waals surface area contributed by atoms with Crippen LogP contribution in [0.25, 0.3) is 11.0 Å². The van der Waals surface area contributed by atoms with Crippen molar-refractivity contribution in [1.82, 2.24) is 20.1 Å². The van der Waals surface area contributed by atoms with E-state index < -0.39 is 0 Å². The zero-order chi connectivity index (χ0) is 20.2. The van der Waals surface area contributed by atoms with Crippen LogP contribution in [0.1, 0.15) is 5.56 Å². The number of rotatable bonds is 6. The molecule has 0 aliphatic carbocycles. The van der Waals surface area contributed by atoms with Crippen molar-refractivity contribution in [2.75, 3.05) is 57.0 Å². The monoisotopic (exact) mass is 394 g/mol. The zero-order valence-corrected chi connectivity index (χ0v) is 16.8. The number of aromatic nitrogens is 2. The fourth-order valence-corrected chi connectivity index (χ4v) is 3.56. The number of nitrogens with one attached hydrogen (secondary N) is 1. The fourth-order valence-electron chi connectivity index (χ4n) is 3.56. The Kier molecular flexibility index (Phi) is 5.73. The third-order valence-electron chi connectivity index (χ3n) is 5.25. The molecule has 0 unspecified atom stereocenters. The molecule has 0 spiro atoms. The third kappa shape index (κ3) is 4.72. The van der Waals surface area contributed by atoms with Crippen LogP contribution in [0.2, 0.25) is 0 Å². The van der Waals surface area contributed by atoms with Gasteiger partial charge in [0, 0.05) is 52.5 Å². The first-order chi connectivity index (χ1) is 14.1. The van der Waals surface area contributed by atoms with Gasteiger partial charge in [0.2, 0.25) is 5.91 Å². The van der Waals surface area contributed by atoms with Crippen LogP contribution >= 0.6 is 0 Å². The van der Waals surface area contributed by atoms with E-state index in [0.29, 0.717) is 23.3 Å². The number of hydrogen-bond acceptors (Lipinski definition) is 7. The Morgan fingerprint density at radius 1 is 1.03 bits per heavy atom. The average molecular weight is 394 g/mol. The first-order valence-electron chi connectivity index (χ1n) is 9.80. The maximum atomic E-state index is 12.5. The molecule has 4 rings (SSSR count). The van der Waals surface area contributed by atoms with Gasteiger partial charge in [-0.15, -0.1) is 0 Å².